The SMILES string of the molecule is O=[N+]([O-])c1cc(S(=O)(=O)Cl)n[nH]1. The number of aromatic nitrogens is 2. The molecular formula is C3H2ClN3O4S. The van der Waals surface area contributed by atoms with Crippen LogP contribution in [0.15, 0.2) is 11.1 Å². The van der Waals surface area contributed by atoms with Gasteiger partial charge in [0.2, 0.25) is 5.03 Å². The first kappa shape index (κ1) is 8.94. The van der Waals surface area contributed by atoms with Crippen LogP contribution < -0.4 is 0 Å². The predicted molar refractivity (Wildman–Crippen MR) is 38.3 cm³/mol. The third-order valence-electron chi connectivity index (χ3n) is 0.987. The zero-order valence-electron chi connectivity index (χ0n) is 5.39. The molecule has 0 spiro atoms. The molecule has 0 fully saturated rings. The Balaban J connectivity index is 3.17. The number of H-pyrrole nitrogens is 1. The van der Waals surface area contributed by atoms with E-state index in [9.17, 15) is 18.5 Å². The maximum absolute atomic E-state index is 10.5. The summed E-state index contributed by atoms with van der Waals surface area (Å²) >= 11 is 0. The minimum absolute atomic E-state index is 0.519. The van der Waals surface area contributed by atoms with E-state index in [4.69, 9.17) is 10.7 Å². The van der Waals surface area contributed by atoms with Crippen molar-refractivity contribution >= 4 is 25.6 Å². The first-order valence-corrected chi connectivity index (χ1v) is 4.86. The fourth-order valence-electron chi connectivity index (χ4n) is 0.512. The van der Waals surface area contributed by atoms with Crippen molar-refractivity contribution in [2.24, 2.45) is 0 Å². The quantitative estimate of drug-likeness (QED) is 0.429. The van der Waals surface area contributed by atoms with Gasteiger partial charge < -0.3 is 10.1 Å². The zero-order chi connectivity index (χ0) is 9.35. The van der Waals surface area contributed by atoms with Crippen molar-refractivity contribution in [2.45, 2.75) is 5.03 Å². The van der Waals surface area contributed by atoms with Crippen LogP contribution in [0.5, 0.6) is 0 Å². The zero-order valence-corrected chi connectivity index (χ0v) is 6.96. The highest BCUT2D eigenvalue weighted by Gasteiger charge is 2.19. The Labute approximate surface area is 70.9 Å². The topological polar surface area (TPSA) is 106 Å². The summed E-state index contributed by atoms with van der Waals surface area (Å²) in [6, 6.07) is 0.738. The van der Waals surface area contributed by atoms with E-state index < -0.39 is 24.8 Å². The lowest BCUT2D eigenvalue weighted by Crippen LogP contribution is -1.89. The maximum atomic E-state index is 10.5. The van der Waals surface area contributed by atoms with E-state index >= 15 is 0 Å². The minimum Gasteiger partial charge on any atom is -0.358 e. The van der Waals surface area contributed by atoms with Gasteiger partial charge in [0, 0.05) is 10.7 Å². The second kappa shape index (κ2) is 2.72. The van der Waals surface area contributed by atoms with Crippen LogP contribution >= 0.6 is 10.7 Å². The van der Waals surface area contributed by atoms with Crippen molar-refractivity contribution in [3.05, 3.63) is 16.2 Å². The Morgan fingerprint density at radius 3 is 2.50 bits per heavy atom. The van der Waals surface area contributed by atoms with Crippen molar-refractivity contribution in [3.63, 3.8) is 0 Å². The van der Waals surface area contributed by atoms with Crippen molar-refractivity contribution in [1.82, 2.24) is 10.2 Å². The summed E-state index contributed by atoms with van der Waals surface area (Å²) in [5.74, 6) is -0.519. The van der Waals surface area contributed by atoms with Crippen LogP contribution in [0, 0.1) is 10.1 Å². The standard InChI is InChI=1S/C3H2ClN3O4S/c4-12(10,11)3-1-2(5-6-3)7(8)9/h1H,(H,5,6). The second-order valence-electron chi connectivity index (χ2n) is 1.79. The molecule has 0 unspecified atom stereocenters. The lowest BCUT2D eigenvalue weighted by Gasteiger charge is -1.84. The number of hydrogen-bond acceptors (Lipinski definition) is 5. The fourth-order valence-corrected chi connectivity index (χ4v) is 1.16. The average molecular weight is 212 g/mol. The van der Waals surface area contributed by atoms with Crippen LogP contribution in [-0.4, -0.2) is 23.5 Å². The molecule has 0 atom stereocenters. The molecule has 1 aromatic rings. The van der Waals surface area contributed by atoms with Crippen molar-refractivity contribution in [1.29, 1.82) is 0 Å². The normalized spacial score (nSPS) is 11.4. The predicted octanol–water partition coefficient (Wildman–Crippen LogP) is 0.245. The maximum Gasteiger partial charge on any atom is 0.343 e. The molecule has 1 heterocycles. The van der Waals surface area contributed by atoms with Gasteiger partial charge in [-0.05, 0) is 4.92 Å². The van der Waals surface area contributed by atoms with Crippen molar-refractivity contribution < 1.29 is 13.3 Å². The molecule has 0 radical (unpaired) electrons. The summed E-state index contributed by atoms with van der Waals surface area (Å²) in [4.78, 5) is 9.23. The number of aromatic amines is 1. The molecule has 0 aromatic carbocycles. The van der Waals surface area contributed by atoms with E-state index in [-0.39, 0.29) is 0 Å². The molecule has 0 bridgehead atoms. The Morgan fingerprint density at radius 1 is 1.67 bits per heavy atom. The third kappa shape index (κ3) is 1.71. The third-order valence-corrected chi connectivity index (χ3v) is 2.17. The molecule has 0 amide bonds. The average Bonchev–Trinajstić information content (AvgIpc) is 2.30. The summed E-state index contributed by atoms with van der Waals surface area (Å²) in [6.07, 6.45) is 0. The highest BCUT2D eigenvalue weighted by Crippen LogP contribution is 2.16. The summed E-state index contributed by atoms with van der Waals surface area (Å²) in [6.45, 7) is 0. The molecule has 0 saturated carbocycles. The molecule has 66 valence electrons. The monoisotopic (exact) mass is 211 g/mol. The van der Waals surface area contributed by atoms with E-state index in [2.05, 4.69) is 5.10 Å². The number of rotatable bonds is 2. The van der Waals surface area contributed by atoms with Crippen LogP contribution in [0.3, 0.4) is 0 Å². The Hall–Kier alpha value is -1.15. The van der Waals surface area contributed by atoms with Gasteiger partial charge in [0.25, 0.3) is 9.05 Å². The Morgan fingerprint density at radius 2 is 2.25 bits per heavy atom. The van der Waals surface area contributed by atoms with Gasteiger partial charge in [-0.3, -0.25) is 0 Å². The molecule has 0 aliphatic heterocycles. The molecule has 1 N–H and O–H groups in total. The molecular weight excluding hydrogens is 210 g/mol. The molecule has 0 aliphatic carbocycles. The van der Waals surface area contributed by atoms with E-state index in [1.54, 1.807) is 0 Å². The summed E-state index contributed by atoms with van der Waals surface area (Å²) in [5, 5.41) is 14.5. The first-order valence-electron chi connectivity index (χ1n) is 2.56. The summed E-state index contributed by atoms with van der Waals surface area (Å²) in [5.41, 5.74) is 0. The lowest BCUT2D eigenvalue weighted by atomic mass is 10.7. The summed E-state index contributed by atoms with van der Waals surface area (Å²) in [7, 11) is 0.854. The largest absolute Gasteiger partial charge is 0.358 e. The number of nitro groups is 1. The van der Waals surface area contributed by atoms with Gasteiger partial charge in [0.1, 0.15) is 0 Å². The van der Waals surface area contributed by atoms with Gasteiger partial charge in [-0.2, -0.15) is 0 Å². The summed E-state index contributed by atoms with van der Waals surface area (Å²) < 4.78 is 21.1. The van der Waals surface area contributed by atoms with Gasteiger partial charge in [0.05, 0.1) is 6.07 Å². The Kier molecular flexibility index (Phi) is 2.02. The molecule has 7 nitrogen and oxygen atoms in total. The van der Waals surface area contributed by atoms with E-state index in [0.29, 0.717) is 0 Å². The van der Waals surface area contributed by atoms with Crippen LogP contribution in [0.1, 0.15) is 0 Å². The molecule has 1 rings (SSSR count). The van der Waals surface area contributed by atoms with E-state index in [1.165, 1.54) is 0 Å². The van der Waals surface area contributed by atoms with Gasteiger partial charge in [-0.1, -0.05) is 5.10 Å². The van der Waals surface area contributed by atoms with E-state index in [0.717, 1.165) is 6.07 Å². The fraction of sp³-hybridized carbons (Fsp3) is 0. The first-order chi connectivity index (χ1) is 5.41. The minimum atomic E-state index is -3.99. The lowest BCUT2D eigenvalue weighted by molar-refractivity contribution is -0.389. The number of hydrogen-bond donors (Lipinski definition) is 1. The van der Waals surface area contributed by atoms with Crippen molar-refractivity contribution in [3.8, 4) is 0 Å². The highest BCUT2D eigenvalue weighted by atomic mass is 35.7. The van der Waals surface area contributed by atoms with Gasteiger partial charge in [-0.15, -0.1) is 5.10 Å². The smallest absolute Gasteiger partial charge is 0.343 e. The van der Waals surface area contributed by atoms with Gasteiger partial charge in [0.15, 0.2) is 0 Å². The molecule has 0 aliphatic rings. The van der Waals surface area contributed by atoms with Crippen molar-refractivity contribution in [2.75, 3.05) is 0 Å². The molecule has 9 heteroatoms. The number of halogens is 1. The van der Waals surface area contributed by atoms with Crippen LogP contribution in [-0.2, 0) is 9.05 Å². The number of nitrogens with one attached hydrogen (secondary N) is 1. The van der Waals surface area contributed by atoms with Gasteiger partial charge >= 0.3 is 5.82 Å². The molecule has 0 saturated heterocycles. The number of nitrogens with zero attached hydrogens (tertiary/aromatic N) is 2. The van der Waals surface area contributed by atoms with Crippen LogP contribution in [0.2, 0.25) is 0 Å². The second-order valence-corrected chi connectivity index (χ2v) is 4.30. The molecule has 1 aromatic heterocycles. The van der Waals surface area contributed by atoms with Gasteiger partial charge in [-0.25, -0.2) is 8.42 Å². The molecule has 12 heavy (non-hydrogen) atoms. The Bertz CT molecular complexity index is 409. The van der Waals surface area contributed by atoms with Crippen LogP contribution in [0.4, 0.5) is 5.82 Å². The van der Waals surface area contributed by atoms with E-state index in [1.807, 2.05) is 5.10 Å². The highest BCUT2D eigenvalue weighted by molar-refractivity contribution is 8.13. The van der Waals surface area contributed by atoms with Crippen LogP contribution in [0.25, 0.3) is 0 Å².